The second-order valence-corrected chi connectivity index (χ2v) is 5.17. The molecular weight excluding hydrogens is 325 g/mol. The highest BCUT2D eigenvalue weighted by atomic mass is 35.5. The predicted octanol–water partition coefficient (Wildman–Crippen LogP) is 3.23. The number of thiocarbonyl (C=S) groups is 1. The minimum Gasteiger partial charge on any atom is -0.488 e. The van der Waals surface area contributed by atoms with Crippen LogP contribution in [0.2, 0.25) is 5.02 Å². The van der Waals surface area contributed by atoms with Crippen LogP contribution in [0.4, 0.5) is 4.39 Å². The molecule has 0 bridgehead atoms. The molecule has 2 rings (SSSR count). The molecule has 0 saturated carbocycles. The van der Waals surface area contributed by atoms with Gasteiger partial charge in [0, 0.05) is 16.1 Å². The lowest BCUT2D eigenvalue weighted by atomic mass is 10.2. The van der Waals surface area contributed by atoms with Gasteiger partial charge < -0.3 is 10.5 Å². The van der Waals surface area contributed by atoms with Crippen LogP contribution in [0.3, 0.4) is 0 Å². The maximum atomic E-state index is 13.6. The molecule has 0 fully saturated rings. The van der Waals surface area contributed by atoms with Gasteiger partial charge in [-0.25, -0.2) is 4.39 Å². The molecule has 22 heavy (non-hydrogen) atoms. The van der Waals surface area contributed by atoms with Crippen LogP contribution in [-0.4, -0.2) is 11.3 Å². The third kappa shape index (κ3) is 4.68. The molecule has 2 aromatic carbocycles. The quantitative estimate of drug-likeness (QED) is 0.499. The highest BCUT2D eigenvalue weighted by molar-refractivity contribution is 7.80. The zero-order valence-electron chi connectivity index (χ0n) is 11.4. The molecule has 0 aliphatic carbocycles. The van der Waals surface area contributed by atoms with E-state index in [9.17, 15) is 4.39 Å². The van der Waals surface area contributed by atoms with Crippen LogP contribution in [0.1, 0.15) is 11.1 Å². The Hall–Kier alpha value is -2.18. The Labute approximate surface area is 137 Å². The third-order valence-electron chi connectivity index (χ3n) is 2.69. The van der Waals surface area contributed by atoms with E-state index in [4.69, 9.17) is 22.1 Å². The minimum atomic E-state index is -0.318. The summed E-state index contributed by atoms with van der Waals surface area (Å²) in [7, 11) is 0. The van der Waals surface area contributed by atoms with E-state index in [2.05, 4.69) is 22.7 Å². The Balaban J connectivity index is 2.14. The average Bonchev–Trinajstić information content (AvgIpc) is 2.47. The smallest absolute Gasteiger partial charge is 0.184 e. The van der Waals surface area contributed by atoms with Crippen molar-refractivity contribution in [2.24, 2.45) is 10.8 Å². The summed E-state index contributed by atoms with van der Waals surface area (Å²) in [5, 5.41) is 4.43. The van der Waals surface area contributed by atoms with Gasteiger partial charge in [0.05, 0.1) is 6.21 Å². The van der Waals surface area contributed by atoms with Crippen molar-refractivity contribution >= 4 is 35.1 Å². The van der Waals surface area contributed by atoms with E-state index in [1.165, 1.54) is 12.3 Å². The van der Waals surface area contributed by atoms with Crippen molar-refractivity contribution in [1.29, 1.82) is 0 Å². The summed E-state index contributed by atoms with van der Waals surface area (Å²) in [6.45, 7) is 0.0951. The SMILES string of the molecule is NC(=S)NN=Cc1cc(Cl)ccc1OCc1ccccc1F. The van der Waals surface area contributed by atoms with E-state index < -0.39 is 0 Å². The first kappa shape index (κ1) is 16.2. The maximum Gasteiger partial charge on any atom is 0.184 e. The summed E-state index contributed by atoms with van der Waals surface area (Å²) in [4.78, 5) is 0. The summed E-state index contributed by atoms with van der Waals surface area (Å²) >= 11 is 10.6. The molecule has 0 aliphatic heterocycles. The van der Waals surface area contributed by atoms with Gasteiger partial charge in [-0.3, -0.25) is 5.43 Å². The Bertz CT molecular complexity index is 709. The molecule has 2 aromatic rings. The molecule has 7 heteroatoms. The number of hydrazone groups is 1. The number of hydrogen-bond acceptors (Lipinski definition) is 3. The molecule has 0 radical (unpaired) electrons. The zero-order valence-corrected chi connectivity index (χ0v) is 13.0. The summed E-state index contributed by atoms with van der Waals surface area (Å²) in [5.74, 6) is 0.197. The molecule has 114 valence electrons. The van der Waals surface area contributed by atoms with Crippen molar-refractivity contribution in [2.45, 2.75) is 6.61 Å². The lowest BCUT2D eigenvalue weighted by Crippen LogP contribution is -2.24. The first-order valence-electron chi connectivity index (χ1n) is 6.30. The van der Waals surface area contributed by atoms with Crippen molar-refractivity contribution in [3.63, 3.8) is 0 Å². The number of ether oxygens (including phenoxy) is 1. The molecule has 0 unspecified atom stereocenters. The van der Waals surface area contributed by atoms with Gasteiger partial charge in [-0.15, -0.1) is 0 Å². The normalized spacial score (nSPS) is 10.6. The summed E-state index contributed by atoms with van der Waals surface area (Å²) in [6, 6.07) is 11.5. The van der Waals surface area contributed by atoms with Gasteiger partial charge in [-0.1, -0.05) is 29.8 Å². The summed E-state index contributed by atoms with van der Waals surface area (Å²) in [6.07, 6.45) is 1.47. The molecule has 0 heterocycles. The van der Waals surface area contributed by atoms with Crippen LogP contribution < -0.4 is 15.9 Å². The second kappa shape index (κ2) is 7.72. The molecule has 0 aromatic heterocycles. The fourth-order valence-corrected chi connectivity index (χ4v) is 1.92. The standard InChI is InChI=1S/C15H13ClFN3OS/c16-12-5-6-14(11(7-12)8-19-20-15(18)22)21-9-10-3-1-2-4-13(10)17/h1-8H,9H2,(H3,18,20,22). The number of rotatable bonds is 5. The Morgan fingerprint density at radius 3 is 2.86 bits per heavy atom. The molecule has 0 atom stereocenters. The van der Waals surface area contributed by atoms with Crippen molar-refractivity contribution in [3.05, 3.63) is 64.4 Å². The van der Waals surface area contributed by atoms with Crippen LogP contribution >= 0.6 is 23.8 Å². The largest absolute Gasteiger partial charge is 0.488 e. The fourth-order valence-electron chi connectivity index (χ4n) is 1.69. The van der Waals surface area contributed by atoms with Crippen LogP contribution in [0.25, 0.3) is 0 Å². The van der Waals surface area contributed by atoms with E-state index in [1.807, 2.05) is 0 Å². The molecule has 4 nitrogen and oxygen atoms in total. The predicted molar refractivity (Wildman–Crippen MR) is 89.7 cm³/mol. The van der Waals surface area contributed by atoms with E-state index in [0.29, 0.717) is 21.9 Å². The van der Waals surface area contributed by atoms with Crippen molar-refractivity contribution in [2.75, 3.05) is 0 Å². The molecular formula is C15H13ClFN3OS. The zero-order chi connectivity index (χ0) is 15.9. The Morgan fingerprint density at radius 1 is 1.36 bits per heavy atom. The number of nitrogens with two attached hydrogens (primary N) is 1. The number of hydrogen-bond donors (Lipinski definition) is 2. The molecule has 0 aliphatic rings. The lowest BCUT2D eigenvalue weighted by Gasteiger charge is -2.10. The number of halogens is 2. The highest BCUT2D eigenvalue weighted by Gasteiger charge is 2.06. The van der Waals surface area contributed by atoms with Crippen molar-refractivity contribution in [3.8, 4) is 5.75 Å². The number of nitrogens with zero attached hydrogens (tertiary/aromatic N) is 1. The van der Waals surface area contributed by atoms with Crippen molar-refractivity contribution in [1.82, 2.24) is 5.43 Å². The first-order valence-corrected chi connectivity index (χ1v) is 7.09. The van der Waals surface area contributed by atoms with E-state index in [0.717, 1.165) is 0 Å². The average molecular weight is 338 g/mol. The minimum absolute atomic E-state index is 0.0482. The summed E-state index contributed by atoms with van der Waals surface area (Å²) in [5.41, 5.74) is 8.81. The number of nitrogens with one attached hydrogen (secondary N) is 1. The molecule has 0 amide bonds. The van der Waals surface area contributed by atoms with Crippen LogP contribution in [0.15, 0.2) is 47.6 Å². The topological polar surface area (TPSA) is 59.6 Å². The maximum absolute atomic E-state index is 13.6. The van der Waals surface area contributed by atoms with Gasteiger partial charge in [-0.2, -0.15) is 5.10 Å². The van der Waals surface area contributed by atoms with E-state index in [-0.39, 0.29) is 17.5 Å². The van der Waals surface area contributed by atoms with Crippen LogP contribution in [0.5, 0.6) is 5.75 Å². The lowest BCUT2D eigenvalue weighted by molar-refractivity contribution is 0.299. The van der Waals surface area contributed by atoms with Crippen molar-refractivity contribution < 1.29 is 9.13 Å². The fraction of sp³-hybridized carbons (Fsp3) is 0.0667. The second-order valence-electron chi connectivity index (χ2n) is 4.30. The Kier molecular flexibility index (Phi) is 5.68. The van der Waals surface area contributed by atoms with E-state index in [1.54, 1.807) is 36.4 Å². The van der Waals surface area contributed by atoms with Gasteiger partial charge >= 0.3 is 0 Å². The monoisotopic (exact) mass is 337 g/mol. The van der Waals surface area contributed by atoms with Crippen LogP contribution in [-0.2, 0) is 6.61 Å². The first-order chi connectivity index (χ1) is 10.6. The van der Waals surface area contributed by atoms with E-state index >= 15 is 0 Å². The van der Waals surface area contributed by atoms with Gasteiger partial charge in [0.1, 0.15) is 18.2 Å². The van der Waals surface area contributed by atoms with Gasteiger partial charge in [0.25, 0.3) is 0 Å². The van der Waals surface area contributed by atoms with Gasteiger partial charge in [0.15, 0.2) is 5.11 Å². The summed E-state index contributed by atoms with van der Waals surface area (Å²) < 4.78 is 19.2. The molecule has 3 N–H and O–H groups in total. The Morgan fingerprint density at radius 2 is 2.14 bits per heavy atom. The third-order valence-corrected chi connectivity index (χ3v) is 3.02. The highest BCUT2D eigenvalue weighted by Crippen LogP contribution is 2.22. The molecule has 0 spiro atoms. The van der Waals surface area contributed by atoms with Gasteiger partial charge in [-0.05, 0) is 36.5 Å². The number of benzene rings is 2. The van der Waals surface area contributed by atoms with Gasteiger partial charge in [0.2, 0.25) is 0 Å². The van der Waals surface area contributed by atoms with Crippen LogP contribution in [0, 0.1) is 5.82 Å². The molecule has 0 saturated heterocycles.